The summed E-state index contributed by atoms with van der Waals surface area (Å²) in [5, 5.41) is 8.73. The number of allylic oxidation sites excluding steroid dienone is 3. The van der Waals surface area contributed by atoms with Crippen molar-refractivity contribution >= 4 is 47.2 Å². The predicted molar refractivity (Wildman–Crippen MR) is 226 cm³/mol. The summed E-state index contributed by atoms with van der Waals surface area (Å²) in [5.41, 5.74) is 11.0. The number of anilines is 2. The molecule has 0 fully saturated rings. The highest BCUT2D eigenvalue weighted by molar-refractivity contribution is 6.08. The van der Waals surface area contributed by atoms with Gasteiger partial charge in [0.15, 0.2) is 0 Å². The van der Waals surface area contributed by atoms with Crippen molar-refractivity contribution in [3.05, 3.63) is 167 Å². The number of hydrogen-bond acceptors (Lipinski definition) is 10. The molecule has 0 saturated carbocycles. The summed E-state index contributed by atoms with van der Waals surface area (Å²) in [7, 11) is 0. The van der Waals surface area contributed by atoms with Crippen molar-refractivity contribution in [2.45, 2.75) is 53.9 Å². The number of hydrogen-bond donors (Lipinski definition) is 4. The second-order valence-electron chi connectivity index (χ2n) is 12.5. The second-order valence-corrected chi connectivity index (χ2v) is 12.5. The lowest BCUT2D eigenvalue weighted by molar-refractivity contribution is -0.139. The molecule has 304 valence electrons. The zero-order chi connectivity index (χ0) is 42.9. The lowest BCUT2D eigenvalue weighted by Gasteiger charge is -2.31. The van der Waals surface area contributed by atoms with Crippen molar-refractivity contribution in [3.63, 3.8) is 0 Å². The number of ketones is 1. The molecule has 1 aliphatic rings. The highest BCUT2D eigenvalue weighted by Crippen LogP contribution is 2.39. The maximum Gasteiger partial charge on any atom is 0.336 e. The maximum atomic E-state index is 13.2. The first-order chi connectivity index (χ1) is 27.8. The molecule has 1 unspecified atom stereocenters. The quantitative estimate of drug-likeness (QED) is 0.0510. The Bertz CT molecular complexity index is 2040. The van der Waals surface area contributed by atoms with Crippen molar-refractivity contribution in [3.8, 4) is 0 Å². The first-order valence-electron chi connectivity index (χ1n) is 18.5. The summed E-state index contributed by atoms with van der Waals surface area (Å²) in [6.07, 6.45) is 2.03. The van der Waals surface area contributed by atoms with Crippen LogP contribution in [0.5, 0.6) is 0 Å². The maximum absolute atomic E-state index is 13.2. The fourth-order valence-electron chi connectivity index (χ4n) is 5.33. The molecular formula is C46H52N4O8. The van der Waals surface area contributed by atoms with Crippen LogP contribution >= 0.6 is 0 Å². The molecule has 4 aromatic carbocycles. The summed E-state index contributed by atoms with van der Waals surface area (Å²) in [5.74, 6) is -1.95. The summed E-state index contributed by atoms with van der Waals surface area (Å²) >= 11 is 0. The lowest BCUT2D eigenvalue weighted by atomic mass is 9.80. The summed E-state index contributed by atoms with van der Waals surface area (Å²) in [4.78, 5) is 68.1. The Morgan fingerprint density at radius 2 is 1.14 bits per heavy atom. The number of para-hydroxylation sites is 2. The van der Waals surface area contributed by atoms with Crippen LogP contribution in [0.4, 0.5) is 11.4 Å². The molecule has 12 heteroatoms. The molecule has 0 aromatic heterocycles. The Morgan fingerprint density at radius 1 is 0.672 bits per heavy atom. The number of esters is 2. The smallest absolute Gasteiger partial charge is 0.336 e. The third-order valence-corrected chi connectivity index (χ3v) is 7.70. The Labute approximate surface area is 340 Å². The number of Topliss-reactive ketones (excluding diaryl/α,β-unsaturated/α-hetero) is 1. The summed E-state index contributed by atoms with van der Waals surface area (Å²) in [6.45, 7) is 10.9. The molecule has 0 spiro atoms. The number of carbonyl (C=O) groups excluding carboxylic acids is 6. The number of ether oxygens (including phenoxy) is 2. The van der Waals surface area contributed by atoms with Gasteiger partial charge in [-0.25, -0.2) is 9.59 Å². The molecule has 5 rings (SSSR count). The van der Waals surface area contributed by atoms with Gasteiger partial charge < -0.3 is 31.2 Å². The van der Waals surface area contributed by atoms with Gasteiger partial charge in [-0.05, 0) is 71.4 Å². The number of amides is 2. The molecule has 0 aliphatic carbocycles. The molecule has 12 nitrogen and oxygen atoms in total. The van der Waals surface area contributed by atoms with Crippen LogP contribution in [0.15, 0.2) is 156 Å². The lowest BCUT2D eigenvalue weighted by Crippen LogP contribution is -2.33. The van der Waals surface area contributed by atoms with Gasteiger partial charge in [-0.3, -0.25) is 19.2 Å². The standard InChI is InChI=1S/C23H24N2O3.C10H11NO2.C7H6O.C6H11NO2/c1-4-28-23(27)20-16(3)24-15(2)19(21(20)17-11-7-5-8-12-17)22(26)25-18-13-9-6-10-14-18;1-8(12)7-10(13)11-9-5-3-2-4-6-9;8-6-7-4-2-1-3-5-7;1-3-9-6(8)4-5(2)7/h5-14,21,24H,4H2,1-3H3,(H,25,26);2-6H,7H2,1H3,(H,11,13);1-6H;4H,3,7H2,1-2H3/b;;;5-4+. The van der Waals surface area contributed by atoms with E-state index in [-0.39, 0.29) is 36.6 Å². The number of nitrogens with two attached hydrogens (primary N) is 1. The zero-order valence-electron chi connectivity index (χ0n) is 33.7. The molecule has 1 atom stereocenters. The molecule has 1 aliphatic heterocycles. The van der Waals surface area contributed by atoms with Gasteiger partial charge >= 0.3 is 11.9 Å². The van der Waals surface area contributed by atoms with E-state index in [0.29, 0.717) is 46.2 Å². The van der Waals surface area contributed by atoms with Crippen LogP contribution in [0.2, 0.25) is 0 Å². The van der Waals surface area contributed by atoms with Crippen LogP contribution < -0.4 is 21.7 Å². The van der Waals surface area contributed by atoms with Crippen molar-refractivity contribution < 1.29 is 38.2 Å². The van der Waals surface area contributed by atoms with Crippen molar-refractivity contribution in [1.29, 1.82) is 0 Å². The average Bonchev–Trinajstić information content (AvgIpc) is 3.19. The molecule has 0 radical (unpaired) electrons. The van der Waals surface area contributed by atoms with Gasteiger partial charge in [0, 0.05) is 45.7 Å². The number of rotatable bonds is 11. The van der Waals surface area contributed by atoms with Crippen LogP contribution in [0.3, 0.4) is 0 Å². The third-order valence-electron chi connectivity index (χ3n) is 7.70. The number of dihydropyridines is 1. The van der Waals surface area contributed by atoms with E-state index in [0.717, 1.165) is 17.4 Å². The topological polar surface area (TPSA) is 183 Å². The highest BCUT2D eigenvalue weighted by atomic mass is 16.5. The first-order valence-corrected chi connectivity index (χ1v) is 18.5. The SMILES string of the molecule is CC(=O)CC(=O)Nc1ccccc1.CCOC(=O)/C=C(\C)N.CCOC(=O)C1=C(C)NC(C)=C(C(=O)Nc2ccccc2)C1c1ccccc1.O=Cc1ccccc1. The molecule has 58 heavy (non-hydrogen) atoms. The molecule has 0 bridgehead atoms. The van der Waals surface area contributed by atoms with Gasteiger partial charge in [-0.1, -0.05) is 97.1 Å². The fourth-order valence-corrected chi connectivity index (χ4v) is 5.33. The minimum Gasteiger partial charge on any atom is -0.463 e. The molecule has 5 N–H and O–H groups in total. The minimum absolute atomic E-state index is 0.0606. The number of carbonyl (C=O) groups is 6. The average molecular weight is 789 g/mol. The van der Waals surface area contributed by atoms with Crippen LogP contribution in [0, 0.1) is 0 Å². The molecule has 1 heterocycles. The van der Waals surface area contributed by atoms with Gasteiger partial charge in [0.2, 0.25) is 5.91 Å². The van der Waals surface area contributed by atoms with Gasteiger partial charge in [0.05, 0.1) is 31.1 Å². The van der Waals surface area contributed by atoms with E-state index in [9.17, 15) is 28.8 Å². The van der Waals surface area contributed by atoms with Gasteiger partial charge in [-0.15, -0.1) is 0 Å². The van der Waals surface area contributed by atoms with Crippen LogP contribution in [0.1, 0.15) is 69.8 Å². The Hall–Kier alpha value is -7.08. The molecule has 2 amide bonds. The van der Waals surface area contributed by atoms with E-state index >= 15 is 0 Å². The third kappa shape index (κ3) is 17.2. The number of aldehydes is 1. The Morgan fingerprint density at radius 3 is 1.59 bits per heavy atom. The molecular weight excluding hydrogens is 737 g/mol. The number of nitrogens with one attached hydrogen (secondary N) is 3. The van der Waals surface area contributed by atoms with Crippen LogP contribution in [-0.2, 0) is 33.4 Å². The molecule has 4 aromatic rings. The van der Waals surface area contributed by atoms with Crippen molar-refractivity contribution in [2.75, 3.05) is 23.8 Å². The van der Waals surface area contributed by atoms with E-state index < -0.39 is 11.9 Å². The van der Waals surface area contributed by atoms with Gasteiger partial charge in [-0.2, -0.15) is 0 Å². The predicted octanol–water partition coefficient (Wildman–Crippen LogP) is 7.64. The fraction of sp³-hybridized carbons (Fsp3) is 0.217. The van der Waals surface area contributed by atoms with Crippen molar-refractivity contribution in [2.24, 2.45) is 5.73 Å². The van der Waals surface area contributed by atoms with E-state index in [1.54, 1.807) is 45.0 Å². The largest absolute Gasteiger partial charge is 0.463 e. The molecule has 0 saturated heterocycles. The first kappa shape index (κ1) is 47.1. The second kappa shape index (κ2) is 25.9. The summed E-state index contributed by atoms with van der Waals surface area (Å²) < 4.78 is 9.85. The van der Waals surface area contributed by atoms with Crippen LogP contribution in [0.25, 0.3) is 0 Å². The van der Waals surface area contributed by atoms with E-state index in [1.165, 1.54) is 13.0 Å². The van der Waals surface area contributed by atoms with Crippen molar-refractivity contribution in [1.82, 2.24) is 5.32 Å². The van der Waals surface area contributed by atoms with Gasteiger partial charge in [0.1, 0.15) is 12.1 Å². The van der Waals surface area contributed by atoms with E-state index in [2.05, 4.69) is 20.7 Å². The normalized spacial score (nSPS) is 12.9. The number of benzene rings is 4. The van der Waals surface area contributed by atoms with Gasteiger partial charge in [0.25, 0.3) is 5.91 Å². The van der Waals surface area contributed by atoms with E-state index in [4.69, 9.17) is 10.5 Å². The highest BCUT2D eigenvalue weighted by Gasteiger charge is 2.37. The Kier molecular flexibility index (Phi) is 21.0. The summed E-state index contributed by atoms with van der Waals surface area (Å²) in [6, 6.07) is 37.0. The zero-order valence-corrected chi connectivity index (χ0v) is 33.7. The minimum atomic E-state index is -0.509. The van der Waals surface area contributed by atoms with Crippen LogP contribution in [-0.4, -0.2) is 49.0 Å². The van der Waals surface area contributed by atoms with E-state index in [1.807, 2.05) is 111 Å². The Balaban J connectivity index is 0.000000317. The monoisotopic (exact) mass is 788 g/mol.